The van der Waals surface area contributed by atoms with Crippen LogP contribution in [0.4, 0.5) is 5.69 Å². The SMILES string of the molecule is CCOCCOCCNc1ccccc1Cl. The van der Waals surface area contributed by atoms with Crippen LogP contribution in [0.5, 0.6) is 0 Å². The molecule has 1 aromatic carbocycles. The van der Waals surface area contributed by atoms with Crippen molar-refractivity contribution >= 4 is 17.3 Å². The van der Waals surface area contributed by atoms with Crippen LogP contribution >= 0.6 is 11.6 Å². The molecule has 1 N–H and O–H groups in total. The van der Waals surface area contributed by atoms with E-state index in [1.54, 1.807) is 0 Å². The molecule has 0 heterocycles. The van der Waals surface area contributed by atoms with Crippen LogP contribution in [0.1, 0.15) is 6.92 Å². The lowest BCUT2D eigenvalue weighted by atomic mass is 10.3. The molecular weight excluding hydrogens is 226 g/mol. The molecule has 0 atom stereocenters. The predicted octanol–water partition coefficient (Wildman–Crippen LogP) is 2.81. The van der Waals surface area contributed by atoms with Gasteiger partial charge in [-0.3, -0.25) is 0 Å². The van der Waals surface area contributed by atoms with Gasteiger partial charge < -0.3 is 14.8 Å². The molecule has 0 amide bonds. The van der Waals surface area contributed by atoms with E-state index in [-0.39, 0.29) is 0 Å². The van der Waals surface area contributed by atoms with E-state index in [1.807, 2.05) is 31.2 Å². The third kappa shape index (κ3) is 5.35. The first-order valence-corrected chi connectivity index (χ1v) is 5.86. The third-order valence-corrected chi connectivity index (χ3v) is 2.34. The number of anilines is 1. The summed E-state index contributed by atoms with van der Waals surface area (Å²) >= 11 is 5.98. The topological polar surface area (TPSA) is 30.5 Å². The Morgan fingerprint density at radius 3 is 2.62 bits per heavy atom. The van der Waals surface area contributed by atoms with Crippen molar-refractivity contribution in [1.82, 2.24) is 0 Å². The van der Waals surface area contributed by atoms with Gasteiger partial charge in [-0.25, -0.2) is 0 Å². The molecule has 0 spiro atoms. The van der Waals surface area contributed by atoms with Gasteiger partial charge in [0.15, 0.2) is 0 Å². The number of ether oxygens (including phenoxy) is 2. The van der Waals surface area contributed by atoms with Gasteiger partial charge in [-0.2, -0.15) is 0 Å². The molecule has 1 rings (SSSR count). The maximum atomic E-state index is 5.98. The summed E-state index contributed by atoms with van der Waals surface area (Å²) < 4.78 is 10.5. The van der Waals surface area contributed by atoms with Gasteiger partial charge in [0.1, 0.15) is 0 Å². The Balaban J connectivity index is 2.05. The molecule has 0 fully saturated rings. The zero-order valence-corrected chi connectivity index (χ0v) is 10.3. The summed E-state index contributed by atoms with van der Waals surface area (Å²) in [6.07, 6.45) is 0. The highest BCUT2D eigenvalue weighted by molar-refractivity contribution is 6.33. The van der Waals surface area contributed by atoms with Crippen LogP contribution in [0.3, 0.4) is 0 Å². The molecular formula is C12H18ClNO2. The van der Waals surface area contributed by atoms with Gasteiger partial charge in [0.25, 0.3) is 0 Å². The van der Waals surface area contributed by atoms with Crippen LogP contribution in [0.2, 0.25) is 5.02 Å². The van der Waals surface area contributed by atoms with E-state index in [0.29, 0.717) is 19.8 Å². The zero-order chi connectivity index (χ0) is 11.6. The first-order valence-electron chi connectivity index (χ1n) is 5.48. The Hall–Kier alpha value is -0.770. The zero-order valence-electron chi connectivity index (χ0n) is 9.54. The van der Waals surface area contributed by atoms with Gasteiger partial charge in [0.05, 0.1) is 30.5 Å². The summed E-state index contributed by atoms with van der Waals surface area (Å²) in [6.45, 7) is 5.40. The number of benzene rings is 1. The van der Waals surface area contributed by atoms with Crippen LogP contribution in [0, 0.1) is 0 Å². The minimum Gasteiger partial charge on any atom is -0.382 e. The van der Waals surface area contributed by atoms with E-state index in [0.717, 1.165) is 23.9 Å². The summed E-state index contributed by atoms with van der Waals surface area (Å²) in [7, 11) is 0. The monoisotopic (exact) mass is 243 g/mol. The van der Waals surface area contributed by atoms with E-state index in [1.165, 1.54) is 0 Å². The maximum absolute atomic E-state index is 5.98. The molecule has 16 heavy (non-hydrogen) atoms. The fraction of sp³-hybridized carbons (Fsp3) is 0.500. The second-order valence-electron chi connectivity index (χ2n) is 3.22. The van der Waals surface area contributed by atoms with Crippen molar-refractivity contribution in [1.29, 1.82) is 0 Å². The van der Waals surface area contributed by atoms with Crippen LogP contribution in [0.25, 0.3) is 0 Å². The Bertz CT molecular complexity index is 294. The van der Waals surface area contributed by atoms with Crippen LogP contribution < -0.4 is 5.32 Å². The first kappa shape index (κ1) is 13.3. The summed E-state index contributed by atoms with van der Waals surface area (Å²) in [4.78, 5) is 0. The number of para-hydroxylation sites is 1. The lowest BCUT2D eigenvalue weighted by molar-refractivity contribution is 0.0570. The molecule has 0 unspecified atom stereocenters. The number of hydrogen-bond acceptors (Lipinski definition) is 3. The van der Waals surface area contributed by atoms with E-state index < -0.39 is 0 Å². The van der Waals surface area contributed by atoms with Crippen molar-refractivity contribution in [3.63, 3.8) is 0 Å². The second-order valence-corrected chi connectivity index (χ2v) is 3.62. The predicted molar refractivity (Wildman–Crippen MR) is 67.3 cm³/mol. The molecule has 4 heteroatoms. The first-order chi connectivity index (χ1) is 7.84. The summed E-state index contributed by atoms with van der Waals surface area (Å²) in [5.74, 6) is 0. The molecule has 3 nitrogen and oxygen atoms in total. The van der Waals surface area contributed by atoms with Crippen molar-refractivity contribution in [3.05, 3.63) is 29.3 Å². The standard InChI is InChI=1S/C12H18ClNO2/c1-2-15-9-10-16-8-7-14-12-6-4-3-5-11(12)13/h3-6,14H,2,7-10H2,1H3. The number of nitrogens with one attached hydrogen (secondary N) is 1. The Labute approximate surface area is 102 Å². The maximum Gasteiger partial charge on any atom is 0.0701 e. The second kappa shape index (κ2) is 8.39. The van der Waals surface area contributed by atoms with Crippen molar-refractivity contribution in [2.45, 2.75) is 6.92 Å². The Morgan fingerprint density at radius 1 is 1.12 bits per heavy atom. The molecule has 0 aliphatic carbocycles. The normalized spacial score (nSPS) is 10.4. The molecule has 0 saturated carbocycles. The molecule has 0 saturated heterocycles. The summed E-state index contributed by atoms with van der Waals surface area (Å²) in [5.41, 5.74) is 0.942. The molecule has 0 aromatic heterocycles. The minimum atomic E-state index is 0.637. The van der Waals surface area contributed by atoms with Crippen molar-refractivity contribution in [3.8, 4) is 0 Å². The lowest BCUT2D eigenvalue weighted by Gasteiger charge is -2.08. The number of rotatable bonds is 8. The van der Waals surface area contributed by atoms with Gasteiger partial charge in [-0.15, -0.1) is 0 Å². The van der Waals surface area contributed by atoms with Gasteiger partial charge in [0.2, 0.25) is 0 Å². The average Bonchev–Trinajstić information content (AvgIpc) is 2.30. The van der Waals surface area contributed by atoms with E-state index >= 15 is 0 Å². The summed E-state index contributed by atoms with van der Waals surface area (Å²) in [5, 5.41) is 3.94. The lowest BCUT2D eigenvalue weighted by Crippen LogP contribution is -2.12. The molecule has 1 aromatic rings. The number of halogens is 1. The van der Waals surface area contributed by atoms with Gasteiger partial charge in [-0.1, -0.05) is 23.7 Å². The highest BCUT2D eigenvalue weighted by atomic mass is 35.5. The Morgan fingerprint density at radius 2 is 1.88 bits per heavy atom. The van der Waals surface area contributed by atoms with E-state index in [9.17, 15) is 0 Å². The van der Waals surface area contributed by atoms with Crippen LogP contribution in [-0.4, -0.2) is 33.0 Å². The quantitative estimate of drug-likeness (QED) is 0.713. The van der Waals surface area contributed by atoms with Crippen molar-refractivity contribution in [2.24, 2.45) is 0 Å². The largest absolute Gasteiger partial charge is 0.382 e. The van der Waals surface area contributed by atoms with Crippen LogP contribution in [0.15, 0.2) is 24.3 Å². The van der Waals surface area contributed by atoms with Crippen molar-refractivity contribution < 1.29 is 9.47 Å². The van der Waals surface area contributed by atoms with Crippen molar-refractivity contribution in [2.75, 3.05) is 38.3 Å². The van der Waals surface area contributed by atoms with Gasteiger partial charge >= 0.3 is 0 Å². The highest BCUT2D eigenvalue weighted by Crippen LogP contribution is 2.19. The fourth-order valence-electron chi connectivity index (χ4n) is 1.23. The van der Waals surface area contributed by atoms with Crippen LogP contribution in [-0.2, 0) is 9.47 Å². The molecule has 90 valence electrons. The smallest absolute Gasteiger partial charge is 0.0701 e. The highest BCUT2D eigenvalue weighted by Gasteiger charge is 1.96. The Kier molecular flexibility index (Phi) is 6.97. The van der Waals surface area contributed by atoms with Gasteiger partial charge in [0, 0.05) is 13.2 Å². The minimum absolute atomic E-state index is 0.637. The fourth-order valence-corrected chi connectivity index (χ4v) is 1.43. The molecule has 0 bridgehead atoms. The van der Waals surface area contributed by atoms with Gasteiger partial charge in [-0.05, 0) is 19.1 Å². The average molecular weight is 244 g/mol. The summed E-state index contributed by atoms with van der Waals surface area (Å²) in [6, 6.07) is 7.67. The van der Waals surface area contributed by atoms with E-state index in [4.69, 9.17) is 21.1 Å². The van der Waals surface area contributed by atoms with E-state index in [2.05, 4.69) is 5.32 Å². The molecule has 0 radical (unpaired) electrons. The molecule has 0 aliphatic rings. The number of hydrogen-bond donors (Lipinski definition) is 1. The third-order valence-electron chi connectivity index (χ3n) is 2.01. The molecule has 0 aliphatic heterocycles.